The van der Waals surface area contributed by atoms with Gasteiger partial charge in [0.2, 0.25) is 5.91 Å². The van der Waals surface area contributed by atoms with Gasteiger partial charge >= 0.3 is 0 Å². The molecular weight excluding hydrogens is 456 g/mol. The Morgan fingerprint density at radius 1 is 0.909 bits per heavy atom. The number of hydrogen-bond donors (Lipinski definition) is 0. The van der Waals surface area contributed by atoms with Crippen LogP contribution in [0.1, 0.15) is 41.7 Å². The average Bonchev–Trinajstić information content (AvgIpc) is 3.19. The molecule has 33 heavy (non-hydrogen) atoms. The second kappa shape index (κ2) is 10.8. The van der Waals surface area contributed by atoms with Crippen LogP contribution in [0.2, 0.25) is 0 Å². The van der Waals surface area contributed by atoms with Crippen molar-refractivity contribution in [2.75, 3.05) is 39.3 Å². The molecular formula is C24H30N4O3S2. The molecule has 7 nitrogen and oxygen atoms in total. The second-order valence-electron chi connectivity index (χ2n) is 8.68. The van der Waals surface area contributed by atoms with Crippen molar-refractivity contribution >= 4 is 27.3 Å². The van der Waals surface area contributed by atoms with Crippen molar-refractivity contribution in [1.82, 2.24) is 14.1 Å². The summed E-state index contributed by atoms with van der Waals surface area (Å²) in [5.74, 6) is 0.0546. The van der Waals surface area contributed by atoms with Gasteiger partial charge in [-0.1, -0.05) is 18.6 Å². The van der Waals surface area contributed by atoms with Crippen LogP contribution in [0.4, 0.5) is 0 Å². The van der Waals surface area contributed by atoms with E-state index in [1.54, 1.807) is 16.4 Å². The number of hydrogen-bond acceptors (Lipinski definition) is 6. The van der Waals surface area contributed by atoms with Gasteiger partial charge in [-0.25, -0.2) is 8.42 Å². The van der Waals surface area contributed by atoms with Crippen molar-refractivity contribution in [2.24, 2.45) is 0 Å². The maximum atomic E-state index is 12.9. The first-order chi connectivity index (χ1) is 16.0. The van der Waals surface area contributed by atoms with E-state index in [-0.39, 0.29) is 12.3 Å². The highest BCUT2D eigenvalue weighted by Gasteiger charge is 2.28. The van der Waals surface area contributed by atoms with Crippen LogP contribution in [-0.4, -0.2) is 67.7 Å². The van der Waals surface area contributed by atoms with E-state index in [2.05, 4.69) is 11.0 Å². The van der Waals surface area contributed by atoms with E-state index in [4.69, 9.17) is 5.26 Å². The third kappa shape index (κ3) is 6.01. The molecule has 2 saturated heterocycles. The molecule has 0 bridgehead atoms. The summed E-state index contributed by atoms with van der Waals surface area (Å²) in [7, 11) is -3.45. The van der Waals surface area contributed by atoms with Gasteiger partial charge in [0.25, 0.3) is 10.0 Å². The smallest absolute Gasteiger partial charge is 0.252 e. The first kappa shape index (κ1) is 23.9. The molecule has 0 saturated carbocycles. The molecule has 0 N–H and O–H groups in total. The van der Waals surface area contributed by atoms with Crippen molar-refractivity contribution in [3.8, 4) is 6.07 Å². The molecule has 0 atom stereocenters. The Morgan fingerprint density at radius 3 is 2.39 bits per heavy atom. The molecule has 2 aliphatic heterocycles. The van der Waals surface area contributed by atoms with Gasteiger partial charge in [-0.05, 0) is 49.1 Å². The summed E-state index contributed by atoms with van der Waals surface area (Å²) in [5.41, 5.74) is 1.82. The number of carbonyl (C=O) groups excluding carboxylic acids is 1. The lowest BCUT2D eigenvalue weighted by atomic mass is 10.1. The van der Waals surface area contributed by atoms with Crippen LogP contribution < -0.4 is 0 Å². The molecule has 3 heterocycles. The standard InChI is InChI=1S/C24H30N4O3S2/c25-18-20-5-7-21(8-6-20)19-26-11-4-12-27(16-15-26)23(29)17-22-9-10-24(32-22)33(30,31)28-13-2-1-3-14-28/h5-10H,1-4,11-17,19H2. The summed E-state index contributed by atoms with van der Waals surface area (Å²) in [6, 6.07) is 13.2. The van der Waals surface area contributed by atoms with Crippen LogP contribution in [-0.2, 0) is 27.8 Å². The van der Waals surface area contributed by atoms with Gasteiger partial charge in [-0.3, -0.25) is 9.69 Å². The summed E-state index contributed by atoms with van der Waals surface area (Å²) < 4.78 is 27.7. The third-order valence-electron chi connectivity index (χ3n) is 6.30. The summed E-state index contributed by atoms with van der Waals surface area (Å²) in [6.45, 7) is 5.07. The number of benzene rings is 1. The van der Waals surface area contributed by atoms with Gasteiger partial charge in [-0.2, -0.15) is 9.57 Å². The minimum Gasteiger partial charge on any atom is -0.341 e. The van der Waals surface area contributed by atoms with Crippen molar-refractivity contribution in [3.63, 3.8) is 0 Å². The van der Waals surface area contributed by atoms with E-state index in [9.17, 15) is 13.2 Å². The van der Waals surface area contributed by atoms with E-state index < -0.39 is 10.0 Å². The lowest BCUT2D eigenvalue weighted by molar-refractivity contribution is -0.130. The maximum Gasteiger partial charge on any atom is 0.252 e. The summed E-state index contributed by atoms with van der Waals surface area (Å²) in [4.78, 5) is 18.0. The highest BCUT2D eigenvalue weighted by molar-refractivity contribution is 7.91. The average molecular weight is 487 g/mol. The van der Waals surface area contributed by atoms with Crippen molar-refractivity contribution in [3.05, 3.63) is 52.4 Å². The predicted molar refractivity (Wildman–Crippen MR) is 128 cm³/mol. The van der Waals surface area contributed by atoms with Crippen LogP contribution in [0, 0.1) is 11.3 Å². The second-order valence-corrected chi connectivity index (χ2v) is 12.0. The van der Waals surface area contributed by atoms with Crippen molar-refractivity contribution < 1.29 is 13.2 Å². The maximum absolute atomic E-state index is 12.9. The molecule has 0 aliphatic carbocycles. The van der Waals surface area contributed by atoms with Gasteiger partial charge in [0.05, 0.1) is 18.1 Å². The highest BCUT2D eigenvalue weighted by Crippen LogP contribution is 2.27. The number of piperidine rings is 1. The lowest BCUT2D eigenvalue weighted by Gasteiger charge is -2.25. The molecule has 0 unspecified atom stereocenters. The van der Waals surface area contributed by atoms with Crippen LogP contribution in [0.25, 0.3) is 0 Å². The number of nitrogens with zero attached hydrogens (tertiary/aromatic N) is 4. The molecule has 176 valence electrons. The molecule has 2 fully saturated rings. The van der Waals surface area contributed by atoms with Crippen LogP contribution >= 0.6 is 11.3 Å². The Balaban J connectivity index is 1.31. The predicted octanol–water partition coefficient (Wildman–Crippen LogP) is 3.07. The van der Waals surface area contributed by atoms with Crippen LogP contribution in [0.3, 0.4) is 0 Å². The van der Waals surface area contributed by atoms with E-state index in [0.717, 1.165) is 55.8 Å². The zero-order chi connectivity index (χ0) is 23.3. The molecule has 0 radical (unpaired) electrons. The molecule has 1 aromatic carbocycles. The Labute approximate surface area is 200 Å². The van der Waals surface area contributed by atoms with E-state index >= 15 is 0 Å². The van der Waals surface area contributed by atoms with Gasteiger partial charge < -0.3 is 4.90 Å². The molecule has 9 heteroatoms. The van der Waals surface area contributed by atoms with E-state index in [1.807, 2.05) is 29.2 Å². The Hall–Kier alpha value is -2.25. The Kier molecular flexibility index (Phi) is 7.81. The van der Waals surface area contributed by atoms with Gasteiger partial charge in [-0.15, -0.1) is 11.3 Å². The monoisotopic (exact) mass is 486 g/mol. The number of rotatable bonds is 6. The first-order valence-corrected chi connectivity index (χ1v) is 13.8. The van der Waals surface area contributed by atoms with Gasteiger partial charge in [0, 0.05) is 50.7 Å². The zero-order valence-corrected chi connectivity index (χ0v) is 20.4. The Morgan fingerprint density at radius 2 is 1.67 bits per heavy atom. The van der Waals surface area contributed by atoms with Crippen LogP contribution in [0.15, 0.2) is 40.6 Å². The molecule has 0 spiro atoms. The quantitative estimate of drug-likeness (QED) is 0.627. The molecule has 2 aliphatic rings. The fraction of sp³-hybridized carbons (Fsp3) is 0.500. The number of sulfonamides is 1. The van der Waals surface area contributed by atoms with E-state index in [1.165, 1.54) is 11.3 Å². The normalized spacial score (nSPS) is 18.6. The van der Waals surface area contributed by atoms with Gasteiger partial charge in [0.1, 0.15) is 4.21 Å². The Bertz CT molecular complexity index is 1100. The summed E-state index contributed by atoms with van der Waals surface area (Å²) in [5, 5.41) is 8.95. The van der Waals surface area contributed by atoms with Crippen LogP contribution in [0.5, 0.6) is 0 Å². The van der Waals surface area contributed by atoms with Crippen molar-refractivity contribution in [1.29, 1.82) is 5.26 Å². The number of carbonyl (C=O) groups is 1. The SMILES string of the molecule is N#Cc1ccc(CN2CCCN(C(=O)Cc3ccc(S(=O)(=O)N4CCCCC4)s3)CC2)cc1. The summed E-state index contributed by atoms with van der Waals surface area (Å²) >= 11 is 1.23. The topological polar surface area (TPSA) is 84.7 Å². The minimum atomic E-state index is -3.45. The molecule has 4 rings (SSSR count). The number of amides is 1. The highest BCUT2D eigenvalue weighted by atomic mass is 32.2. The van der Waals surface area contributed by atoms with Crippen molar-refractivity contribution in [2.45, 2.75) is 42.9 Å². The zero-order valence-electron chi connectivity index (χ0n) is 18.8. The molecule has 1 aromatic heterocycles. The lowest BCUT2D eigenvalue weighted by Crippen LogP contribution is -2.36. The molecule has 1 amide bonds. The fourth-order valence-corrected chi connectivity index (χ4v) is 7.42. The van der Waals surface area contributed by atoms with Gasteiger partial charge in [0.15, 0.2) is 0 Å². The third-order valence-corrected chi connectivity index (χ3v) is 9.75. The van der Waals surface area contributed by atoms with E-state index in [0.29, 0.717) is 36.0 Å². The summed E-state index contributed by atoms with van der Waals surface area (Å²) in [6.07, 6.45) is 4.05. The number of thiophene rings is 1. The number of nitriles is 1. The molecule has 2 aromatic rings. The fourth-order valence-electron chi connectivity index (χ4n) is 4.41. The minimum absolute atomic E-state index is 0.0546. The first-order valence-electron chi connectivity index (χ1n) is 11.5. The largest absolute Gasteiger partial charge is 0.341 e.